The molecular formula is C16H21N3O4S. The van der Waals surface area contributed by atoms with Crippen molar-refractivity contribution >= 4 is 10.0 Å². The van der Waals surface area contributed by atoms with E-state index in [0.29, 0.717) is 18.2 Å². The molecule has 1 aromatic carbocycles. The highest BCUT2D eigenvalue weighted by Crippen LogP contribution is 2.38. The highest BCUT2D eigenvalue weighted by Gasteiger charge is 2.28. The van der Waals surface area contributed by atoms with Crippen LogP contribution in [0, 0.1) is 0 Å². The third-order valence-corrected chi connectivity index (χ3v) is 5.50. The van der Waals surface area contributed by atoms with E-state index in [0.717, 1.165) is 18.7 Å². The Morgan fingerprint density at radius 2 is 2.08 bits per heavy atom. The first-order chi connectivity index (χ1) is 11.5. The average molecular weight is 351 g/mol. The van der Waals surface area contributed by atoms with Crippen LogP contribution in [0.3, 0.4) is 0 Å². The van der Waals surface area contributed by atoms with Crippen molar-refractivity contribution in [2.75, 3.05) is 20.8 Å². The second-order valence-corrected chi connectivity index (χ2v) is 7.40. The summed E-state index contributed by atoms with van der Waals surface area (Å²) in [6, 6.07) is 4.63. The molecule has 1 aliphatic carbocycles. The number of imidazole rings is 1. The van der Waals surface area contributed by atoms with Gasteiger partial charge in [-0.3, -0.25) is 0 Å². The number of ether oxygens (including phenoxy) is 2. The van der Waals surface area contributed by atoms with Crippen LogP contribution in [0.5, 0.6) is 11.5 Å². The first-order valence-electron chi connectivity index (χ1n) is 7.78. The maximum Gasteiger partial charge on any atom is 0.244 e. The third-order valence-electron chi connectivity index (χ3n) is 4.00. The van der Waals surface area contributed by atoms with Gasteiger partial charge in [0.05, 0.1) is 14.2 Å². The Morgan fingerprint density at radius 3 is 2.75 bits per heavy atom. The molecule has 0 spiro atoms. The Labute approximate surface area is 141 Å². The largest absolute Gasteiger partial charge is 0.497 e. The minimum Gasteiger partial charge on any atom is -0.497 e. The predicted molar refractivity (Wildman–Crippen MR) is 88.9 cm³/mol. The van der Waals surface area contributed by atoms with E-state index in [4.69, 9.17) is 9.47 Å². The zero-order chi connectivity index (χ0) is 17.2. The van der Waals surface area contributed by atoms with Gasteiger partial charge in [-0.1, -0.05) is 0 Å². The summed E-state index contributed by atoms with van der Waals surface area (Å²) in [5.74, 6) is 2.36. The summed E-state index contributed by atoms with van der Waals surface area (Å²) in [7, 11) is -0.714. The van der Waals surface area contributed by atoms with Gasteiger partial charge in [0, 0.05) is 37.5 Å². The monoisotopic (exact) mass is 351 g/mol. The van der Waals surface area contributed by atoms with Crippen LogP contribution in [-0.4, -0.2) is 38.7 Å². The fourth-order valence-corrected chi connectivity index (χ4v) is 3.76. The number of benzene rings is 1. The van der Waals surface area contributed by atoms with Crippen LogP contribution in [-0.2, 0) is 16.6 Å². The van der Waals surface area contributed by atoms with Gasteiger partial charge in [0.25, 0.3) is 0 Å². The molecule has 1 aliphatic rings. The Morgan fingerprint density at radius 1 is 1.29 bits per heavy atom. The molecule has 2 aromatic rings. The molecule has 8 heteroatoms. The van der Waals surface area contributed by atoms with Crippen LogP contribution in [0.2, 0.25) is 0 Å². The molecule has 0 bridgehead atoms. The van der Waals surface area contributed by atoms with Crippen LogP contribution >= 0.6 is 0 Å². The van der Waals surface area contributed by atoms with Crippen molar-refractivity contribution in [1.29, 1.82) is 0 Å². The first-order valence-corrected chi connectivity index (χ1v) is 9.26. The van der Waals surface area contributed by atoms with Crippen molar-refractivity contribution < 1.29 is 17.9 Å². The SMILES string of the molecule is COc1ccc(S(=O)(=O)NCCn2ccnc2C2CC2)c(OC)c1. The minimum atomic E-state index is -3.66. The van der Waals surface area contributed by atoms with Gasteiger partial charge < -0.3 is 14.0 Å². The predicted octanol–water partition coefficient (Wildman–Crippen LogP) is 1.76. The van der Waals surface area contributed by atoms with Crippen LogP contribution in [0.15, 0.2) is 35.5 Å². The number of aromatic nitrogens is 2. The topological polar surface area (TPSA) is 82.5 Å². The lowest BCUT2D eigenvalue weighted by Gasteiger charge is -2.13. The Balaban J connectivity index is 1.68. The summed E-state index contributed by atoms with van der Waals surface area (Å²) in [6.45, 7) is 0.830. The van der Waals surface area contributed by atoms with Gasteiger partial charge in [-0.15, -0.1) is 0 Å². The lowest BCUT2D eigenvalue weighted by molar-refractivity contribution is 0.386. The van der Waals surface area contributed by atoms with Gasteiger partial charge in [-0.25, -0.2) is 18.1 Å². The lowest BCUT2D eigenvalue weighted by atomic mass is 10.3. The van der Waals surface area contributed by atoms with Crippen LogP contribution < -0.4 is 14.2 Å². The Kier molecular flexibility index (Phi) is 4.77. The van der Waals surface area contributed by atoms with E-state index < -0.39 is 10.0 Å². The zero-order valence-corrected chi connectivity index (χ0v) is 14.5. The molecular weight excluding hydrogens is 330 g/mol. The van der Waals surface area contributed by atoms with Gasteiger partial charge >= 0.3 is 0 Å². The number of methoxy groups -OCH3 is 2. The molecule has 1 heterocycles. The van der Waals surface area contributed by atoms with Gasteiger partial charge in [-0.2, -0.15) is 0 Å². The molecule has 24 heavy (non-hydrogen) atoms. The maximum atomic E-state index is 12.5. The van der Waals surface area contributed by atoms with Crippen molar-refractivity contribution in [2.45, 2.75) is 30.2 Å². The second-order valence-electron chi connectivity index (χ2n) is 5.67. The van der Waals surface area contributed by atoms with Crippen LogP contribution in [0.4, 0.5) is 0 Å². The quantitative estimate of drug-likeness (QED) is 0.783. The fourth-order valence-electron chi connectivity index (χ4n) is 2.59. The van der Waals surface area contributed by atoms with E-state index >= 15 is 0 Å². The van der Waals surface area contributed by atoms with Crippen LogP contribution in [0.1, 0.15) is 24.6 Å². The molecule has 0 aliphatic heterocycles. The molecule has 0 radical (unpaired) electrons. The molecule has 7 nitrogen and oxygen atoms in total. The van der Waals surface area contributed by atoms with E-state index in [1.165, 1.54) is 20.3 Å². The van der Waals surface area contributed by atoms with E-state index in [-0.39, 0.29) is 17.2 Å². The molecule has 0 unspecified atom stereocenters. The van der Waals surface area contributed by atoms with Gasteiger partial charge in [0.1, 0.15) is 22.2 Å². The number of sulfonamides is 1. The van der Waals surface area contributed by atoms with Crippen molar-refractivity contribution in [3.63, 3.8) is 0 Å². The molecule has 3 rings (SSSR count). The highest BCUT2D eigenvalue weighted by molar-refractivity contribution is 7.89. The summed E-state index contributed by atoms with van der Waals surface area (Å²) in [6.07, 6.45) is 5.96. The van der Waals surface area contributed by atoms with Crippen molar-refractivity contribution in [1.82, 2.24) is 14.3 Å². The number of nitrogens with zero attached hydrogens (tertiary/aromatic N) is 2. The molecule has 0 amide bonds. The molecule has 0 atom stereocenters. The summed E-state index contributed by atoms with van der Waals surface area (Å²) in [5.41, 5.74) is 0. The average Bonchev–Trinajstić information content (AvgIpc) is 3.33. The third kappa shape index (κ3) is 3.54. The molecule has 1 saturated carbocycles. The first kappa shape index (κ1) is 16.8. The van der Waals surface area contributed by atoms with Gasteiger partial charge in [0.2, 0.25) is 10.0 Å². The fraction of sp³-hybridized carbons (Fsp3) is 0.438. The normalized spacial score (nSPS) is 14.6. The van der Waals surface area contributed by atoms with E-state index in [1.807, 2.05) is 10.8 Å². The standard InChI is InChI=1S/C16H21N3O4S/c1-22-13-5-6-15(14(11-13)23-2)24(20,21)18-8-10-19-9-7-17-16(19)12-3-4-12/h5-7,9,11-12,18H,3-4,8,10H2,1-2H3. The number of hydrogen-bond donors (Lipinski definition) is 1. The summed E-state index contributed by atoms with van der Waals surface area (Å²) in [5, 5.41) is 0. The van der Waals surface area contributed by atoms with Crippen LogP contribution in [0.25, 0.3) is 0 Å². The Hall–Kier alpha value is -2.06. The molecule has 0 saturated heterocycles. The summed E-state index contributed by atoms with van der Waals surface area (Å²) < 4.78 is 39.9. The lowest BCUT2D eigenvalue weighted by Crippen LogP contribution is -2.28. The second kappa shape index (κ2) is 6.82. The molecule has 1 aromatic heterocycles. The summed E-state index contributed by atoms with van der Waals surface area (Å²) >= 11 is 0. The molecule has 1 fully saturated rings. The van der Waals surface area contributed by atoms with Gasteiger partial charge in [-0.05, 0) is 25.0 Å². The van der Waals surface area contributed by atoms with E-state index in [1.54, 1.807) is 18.3 Å². The smallest absolute Gasteiger partial charge is 0.244 e. The van der Waals surface area contributed by atoms with Crippen molar-refractivity contribution in [3.8, 4) is 11.5 Å². The Bertz CT molecular complexity index is 812. The maximum absolute atomic E-state index is 12.5. The van der Waals surface area contributed by atoms with E-state index in [2.05, 4.69) is 9.71 Å². The molecule has 130 valence electrons. The van der Waals surface area contributed by atoms with Crippen molar-refractivity contribution in [2.24, 2.45) is 0 Å². The number of hydrogen-bond acceptors (Lipinski definition) is 5. The summed E-state index contributed by atoms with van der Waals surface area (Å²) in [4.78, 5) is 4.45. The number of rotatable bonds is 8. The van der Waals surface area contributed by atoms with Gasteiger partial charge in [0.15, 0.2) is 0 Å². The van der Waals surface area contributed by atoms with E-state index in [9.17, 15) is 8.42 Å². The van der Waals surface area contributed by atoms with Crippen molar-refractivity contribution in [3.05, 3.63) is 36.4 Å². The zero-order valence-electron chi connectivity index (χ0n) is 13.7. The molecule has 1 N–H and O–H groups in total. The highest BCUT2D eigenvalue weighted by atomic mass is 32.2. The number of nitrogens with one attached hydrogen (secondary N) is 1. The minimum absolute atomic E-state index is 0.0962.